The van der Waals surface area contributed by atoms with Crippen LogP contribution in [0.1, 0.15) is 6.92 Å². The maximum absolute atomic E-state index is 12.8. The van der Waals surface area contributed by atoms with E-state index in [1.165, 1.54) is 24.3 Å². The molecule has 2 aromatic carbocycles. The van der Waals surface area contributed by atoms with Gasteiger partial charge in [-0.3, -0.25) is 14.4 Å². The van der Waals surface area contributed by atoms with Gasteiger partial charge in [0.2, 0.25) is 5.91 Å². The van der Waals surface area contributed by atoms with Crippen molar-refractivity contribution in [3.63, 3.8) is 0 Å². The zero-order valence-electron chi connectivity index (χ0n) is 14.0. The minimum Gasteiger partial charge on any atom is -0.494 e. The van der Waals surface area contributed by atoms with E-state index in [-0.39, 0.29) is 0 Å². The molecule has 7 nitrogen and oxygen atoms in total. The summed E-state index contributed by atoms with van der Waals surface area (Å²) in [7, 11) is 0. The van der Waals surface area contributed by atoms with Gasteiger partial charge >= 0.3 is 11.8 Å². The number of hydrogen-bond acceptors (Lipinski definition) is 4. The first kappa shape index (κ1) is 18.9. The topological polar surface area (TPSA) is 96.5 Å². The average Bonchev–Trinajstić information content (AvgIpc) is 2.63. The van der Waals surface area contributed by atoms with Gasteiger partial charge in [-0.15, -0.1) is 0 Å². The van der Waals surface area contributed by atoms with Crippen molar-refractivity contribution in [1.82, 2.24) is 5.32 Å². The number of anilines is 2. The molecule has 0 saturated carbocycles. The standard InChI is InChI=1S/C18H18FN3O4/c1-2-26-15-9-7-14(8-10-15)22-18(25)17(24)20-11-16(23)21-13-5-3-12(19)4-6-13/h3-10H,2,11H2,1H3,(H,20,24)(H,21,23)(H,22,25). The Bertz CT molecular complexity index is 776. The lowest BCUT2D eigenvalue weighted by atomic mass is 10.3. The molecule has 0 atom stereocenters. The van der Waals surface area contributed by atoms with E-state index in [1.807, 2.05) is 6.92 Å². The van der Waals surface area contributed by atoms with Crippen LogP contribution in [0.2, 0.25) is 0 Å². The molecule has 3 amide bonds. The van der Waals surface area contributed by atoms with Crippen molar-refractivity contribution in [2.75, 3.05) is 23.8 Å². The molecule has 0 spiro atoms. The van der Waals surface area contributed by atoms with Crippen LogP contribution < -0.4 is 20.7 Å². The lowest BCUT2D eigenvalue weighted by molar-refractivity contribution is -0.136. The molecule has 26 heavy (non-hydrogen) atoms. The summed E-state index contributed by atoms with van der Waals surface area (Å²) in [6.45, 7) is 1.98. The van der Waals surface area contributed by atoms with Crippen LogP contribution in [0.5, 0.6) is 5.75 Å². The SMILES string of the molecule is CCOc1ccc(NC(=O)C(=O)NCC(=O)Nc2ccc(F)cc2)cc1. The van der Waals surface area contributed by atoms with Crippen molar-refractivity contribution in [2.24, 2.45) is 0 Å². The fourth-order valence-electron chi connectivity index (χ4n) is 1.97. The van der Waals surface area contributed by atoms with E-state index in [9.17, 15) is 18.8 Å². The molecule has 2 aromatic rings. The number of rotatable bonds is 6. The predicted octanol–water partition coefficient (Wildman–Crippen LogP) is 1.92. The molecule has 0 fully saturated rings. The monoisotopic (exact) mass is 359 g/mol. The highest BCUT2D eigenvalue weighted by molar-refractivity contribution is 6.39. The lowest BCUT2D eigenvalue weighted by Gasteiger charge is -2.08. The van der Waals surface area contributed by atoms with Gasteiger partial charge in [0.1, 0.15) is 11.6 Å². The minimum absolute atomic E-state index is 0.379. The van der Waals surface area contributed by atoms with Gasteiger partial charge in [0.15, 0.2) is 0 Å². The second-order valence-electron chi connectivity index (χ2n) is 5.15. The molecule has 0 bridgehead atoms. The van der Waals surface area contributed by atoms with Crippen molar-refractivity contribution in [2.45, 2.75) is 6.92 Å². The van der Waals surface area contributed by atoms with Crippen LogP contribution in [0.3, 0.4) is 0 Å². The van der Waals surface area contributed by atoms with Crippen LogP contribution in [0.4, 0.5) is 15.8 Å². The van der Waals surface area contributed by atoms with E-state index < -0.39 is 30.1 Å². The van der Waals surface area contributed by atoms with E-state index >= 15 is 0 Å². The van der Waals surface area contributed by atoms with Gasteiger partial charge in [0.25, 0.3) is 0 Å². The number of carbonyl (C=O) groups excluding carboxylic acids is 3. The summed E-state index contributed by atoms with van der Waals surface area (Å²) in [5.74, 6) is -2.18. The minimum atomic E-state index is -0.951. The number of carbonyl (C=O) groups is 3. The highest BCUT2D eigenvalue weighted by Gasteiger charge is 2.15. The molecular formula is C18H18FN3O4. The summed E-state index contributed by atoms with van der Waals surface area (Å²) in [4.78, 5) is 35.3. The fraction of sp³-hybridized carbons (Fsp3) is 0.167. The van der Waals surface area contributed by atoms with Gasteiger partial charge in [-0.25, -0.2) is 4.39 Å². The Morgan fingerprint density at radius 1 is 0.885 bits per heavy atom. The molecule has 0 aliphatic heterocycles. The molecule has 0 unspecified atom stereocenters. The smallest absolute Gasteiger partial charge is 0.313 e. The first-order chi connectivity index (χ1) is 12.5. The van der Waals surface area contributed by atoms with Crippen LogP contribution in [0.15, 0.2) is 48.5 Å². The Hall–Kier alpha value is -3.42. The number of halogens is 1. The van der Waals surface area contributed by atoms with Crippen LogP contribution in [-0.2, 0) is 14.4 Å². The largest absolute Gasteiger partial charge is 0.494 e. The molecule has 8 heteroatoms. The molecule has 136 valence electrons. The Balaban J connectivity index is 1.78. The summed E-state index contributed by atoms with van der Waals surface area (Å²) in [6, 6.07) is 11.7. The van der Waals surface area contributed by atoms with Gasteiger partial charge in [0.05, 0.1) is 13.2 Å². The highest BCUT2D eigenvalue weighted by atomic mass is 19.1. The third kappa shape index (κ3) is 5.90. The normalized spacial score (nSPS) is 9.92. The molecule has 0 aliphatic rings. The summed E-state index contributed by atoms with van der Waals surface area (Å²) in [5.41, 5.74) is 0.800. The van der Waals surface area contributed by atoms with Gasteiger partial charge in [-0.1, -0.05) is 0 Å². The molecule has 0 aromatic heterocycles. The molecular weight excluding hydrogens is 341 g/mol. The van der Waals surface area contributed by atoms with Crippen molar-refractivity contribution in [3.8, 4) is 5.75 Å². The van der Waals surface area contributed by atoms with E-state index in [1.54, 1.807) is 24.3 Å². The highest BCUT2D eigenvalue weighted by Crippen LogP contribution is 2.15. The predicted molar refractivity (Wildman–Crippen MR) is 94.3 cm³/mol. The number of amides is 3. The van der Waals surface area contributed by atoms with Crippen molar-refractivity contribution >= 4 is 29.1 Å². The molecule has 0 saturated heterocycles. The van der Waals surface area contributed by atoms with Crippen molar-refractivity contribution < 1.29 is 23.5 Å². The van der Waals surface area contributed by atoms with E-state index in [0.29, 0.717) is 23.7 Å². The van der Waals surface area contributed by atoms with Gasteiger partial charge in [-0.05, 0) is 55.5 Å². The second kappa shape index (κ2) is 9.16. The molecule has 2 rings (SSSR count). The third-order valence-electron chi connectivity index (χ3n) is 3.17. The van der Waals surface area contributed by atoms with Crippen LogP contribution in [0.25, 0.3) is 0 Å². The molecule has 0 heterocycles. The van der Waals surface area contributed by atoms with Crippen molar-refractivity contribution in [3.05, 3.63) is 54.3 Å². The summed E-state index contributed by atoms with van der Waals surface area (Å²) >= 11 is 0. The zero-order chi connectivity index (χ0) is 18.9. The van der Waals surface area contributed by atoms with Crippen LogP contribution >= 0.6 is 0 Å². The van der Waals surface area contributed by atoms with Crippen molar-refractivity contribution in [1.29, 1.82) is 0 Å². The Morgan fingerprint density at radius 2 is 1.46 bits per heavy atom. The maximum atomic E-state index is 12.8. The van der Waals surface area contributed by atoms with Crippen LogP contribution in [-0.4, -0.2) is 30.9 Å². The Morgan fingerprint density at radius 3 is 2.08 bits per heavy atom. The first-order valence-electron chi connectivity index (χ1n) is 7.85. The average molecular weight is 359 g/mol. The number of nitrogens with one attached hydrogen (secondary N) is 3. The van der Waals surface area contributed by atoms with E-state index in [2.05, 4.69) is 16.0 Å². The lowest BCUT2D eigenvalue weighted by Crippen LogP contribution is -2.39. The van der Waals surface area contributed by atoms with E-state index in [0.717, 1.165) is 0 Å². The summed E-state index contributed by atoms with van der Waals surface area (Å²) < 4.78 is 18.1. The van der Waals surface area contributed by atoms with Gasteiger partial charge in [0, 0.05) is 11.4 Å². The molecule has 3 N–H and O–H groups in total. The molecule has 0 aliphatic carbocycles. The summed E-state index contributed by atoms with van der Waals surface area (Å²) in [6.07, 6.45) is 0. The maximum Gasteiger partial charge on any atom is 0.313 e. The van der Waals surface area contributed by atoms with Gasteiger partial charge < -0.3 is 20.7 Å². The quantitative estimate of drug-likeness (QED) is 0.687. The summed E-state index contributed by atoms with van der Waals surface area (Å²) in [5, 5.41) is 7.08. The zero-order valence-corrected chi connectivity index (χ0v) is 14.0. The fourth-order valence-corrected chi connectivity index (χ4v) is 1.97. The second-order valence-corrected chi connectivity index (χ2v) is 5.15. The number of hydrogen-bond donors (Lipinski definition) is 3. The molecule has 0 radical (unpaired) electrons. The third-order valence-corrected chi connectivity index (χ3v) is 3.17. The Kier molecular flexibility index (Phi) is 6.67. The first-order valence-corrected chi connectivity index (χ1v) is 7.85. The number of benzene rings is 2. The number of ether oxygens (including phenoxy) is 1. The van der Waals surface area contributed by atoms with E-state index in [4.69, 9.17) is 4.74 Å². The Labute approximate surface area is 149 Å². The van der Waals surface area contributed by atoms with Crippen LogP contribution in [0, 0.1) is 5.82 Å². The van der Waals surface area contributed by atoms with Gasteiger partial charge in [-0.2, -0.15) is 0 Å².